The Bertz CT molecular complexity index is 197. The number of amides is 1. The number of hydrogen-bond acceptors (Lipinski definition) is 3. The van der Waals surface area contributed by atoms with Crippen molar-refractivity contribution < 1.29 is 9.53 Å². The lowest BCUT2D eigenvalue weighted by Crippen LogP contribution is -2.42. The fourth-order valence-electron chi connectivity index (χ4n) is 1.63. The molecule has 14 heavy (non-hydrogen) atoms. The summed E-state index contributed by atoms with van der Waals surface area (Å²) < 4.78 is 5.37. The number of rotatable bonds is 4. The maximum atomic E-state index is 11.6. The molecule has 1 aliphatic heterocycles. The van der Waals surface area contributed by atoms with E-state index in [1.54, 1.807) is 0 Å². The lowest BCUT2D eigenvalue weighted by Gasteiger charge is -2.18. The molecule has 0 bridgehead atoms. The van der Waals surface area contributed by atoms with Crippen molar-refractivity contribution in [3.05, 3.63) is 0 Å². The van der Waals surface area contributed by atoms with E-state index in [1.807, 2.05) is 13.8 Å². The summed E-state index contributed by atoms with van der Waals surface area (Å²) >= 11 is 0. The highest BCUT2D eigenvalue weighted by Gasteiger charge is 2.26. The molecule has 3 unspecified atom stereocenters. The number of hydrogen-bond donors (Lipinski definition) is 2. The summed E-state index contributed by atoms with van der Waals surface area (Å²) in [6.07, 6.45) is 1.81. The van der Waals surface area contributed by atoms with Crippen LogP contribution >= 0.6 is 0 Å². The molecular weight excluding hydrogens is 180 g/mol. The third-order valence-corrected chi connectivity index (χ3v) is 2.75. The number of ether oxygens (including phenoxy) is 1. The highest BCUT2D eigenvalue weighted by atomic mass is 16.5. The summed E-state index contributed by atoms with van der Waals surface area (Å²) in [5.74, 6) is 0.102. The Kier molecular flexibility index (Phi) is 4.35. The molecule has 1 amide bonds. The van der Waals surface area contributed by atoms with E-state index in [4.69, 9.17) is 10.5 Å². The van der Waals surface area contributed by atoms with Crippen LogP contribution in [0.5, 0.6) is 0 Å². The number of carbonyl (C=O) groups is 1. The molecule has 82 valence electrons. The van der Waals surface area contributed by atoms with Crippen LogP contribution in [0, 0.1) is 5.92 Å². The fraction of sp³-hybridized carbons (Fsp3) is 0.900. The van der Waals surface area contributed by atoms with Crippen molar-refractivity contribution >= 4 is 5.91 Å². The third kappa shape index (κ3) is 2.96. The van der Waals surface area contributed by atoms with E-state index in [9.17, 15) is 4.79 Å². The Labute approximate surface area is 85.2 Å². The van der Waals surface area contributed by atoms with Gasteiger partial charge in [0, 0.05) is 12.5 Å². The predicted octanol–water partition coefficient (Wildman–Crippen LogP) is 0.265. The van der Waals surface area contributed by atoms with Gasteiger partial charge < -0.3 is 15.8 Å². The van der Waals surface area contributed by atoms with Crippen molar-refractivity contribution in [3.63, 3.8) is 0 Å². The SMILES string of the molecule is CC(CCN)C(=O)NC1CCOC1C. The first-order valence-electron chi connectivity index (χ1n) is 5.27. The normalized spacial score (nSPS) is 28.8. The lowest BCUT2D eigenvalue weighted by atomic mass is 10.1. The van der Waals surface area contributed by atoms with Gasteiger partial charge in [-0.1, -0.05) is 6.92 Å². The predicted molar refractivity (Wildman–Crippen MR) is 54.8 cm³/mol. The topological polar surface area (TPSA) is 64.4 Å². The molecule has 3 N–H and O–H groups in total. The minimum Gasteiger partial charge on any atom is -0.376 e. The maximum Gasteiger partial charge on any atom is 0.223 e. The molecule has 0 aromatic rings. The first-order valence-corrected chi connectivity index (χ1v) is 5.27. The summed E-state index contributed by atoms with van der Waals surface area (Å²) in [6.45, 7) is 5.21. The molecule has 0 saturated carbocycles. The molecule has 1 fully saturated rings. The molecule has 0 spiro atoms. The first-order chi connectivity index (χ1) is 6.65. The van der Waals surface area contributed by atoms with Gasteiger partial charge in [0.1, 0.15) is 0 Å². The minimum absolute atomic E-state index is 0.00722. The van der Waals surface area contributed by atoms with Gasteiger partial charge in [0.15, 0.2) is 0 Å². The largest absolute Gasteiger partial charge is 0.376 e. The highest BCUT2D eigenvalue weighted by molar-refractivity contribution is 5.78. The standard InChI is InChI=1S/C10H20N2O2/c1-7(3-5-11)10(13)12-9-4-6-14-8(9)2/h7-9H,3-6,11H2,1-2H3,(H,12,13). The van der Waals surface area contributed by atoms with Crippen molar-refractivity contribution in [3.8, 4) is 0 Å². The van der Waals surface area contributed by atoms with Gasteiger partial charge in [0.2, 0.25) is 5.91 Å². The van der Waals surface area contributed by atoms with Crippen molar-refractivity contribution in [1.82, 2.24) is 5.32 Å². The van der Waals surface area contributed by atoms with Gasteiger partial charge in [-0.25, -0.2) is 0 Å². The quantitative estimate of drug-likeness (QED) is 0.684. The van der Waals surface area contributed by atoms with Gasteiger partial charge in [-0.3, -0.25) is 4.79 Å². The van der Waals surface area contributed by atoms with Crippen molar-refractivity contribution in [2.24, 2.45) is 11.7 Å². The molecule has 4 heteroatoms. The highest BCUT2D eigenvalue weighted by Crippen LogP contribution is 2.13. The number of nitrogens with two attached hydrogens (primary N) is 1. The van der Waals surface area contributed by atoms with Gasteiger partial charge in [-0.15, -0.1) is 0 Å². The second-order valence-electron chi connectivity index (χ2n) is 3.96. The Morgan fingerprint density at radius 1 is 1.71 bits per heavy atom. The van der Waals surface area contributed by atoms with Crippen LogP contribution in [0.15, 0.2) is 0 Å². The molecule has 4 nitrogen and oxygen atoms in total. The molecule has 1 saturated heterocycles. The maximum absolute atomic E-state index is 11.6. The van der Waals surface area contributed by atoms with Crippen LogP contribution in [0.4, 0.5) is 0 Å². The summed E-state index contributed by atoms with van der Waals surface area (Å²) in [5.41, 5.74) is 5.40. The van der Waals surface area contributed by atoms with E-state index in [0.717, 1.165) is 19.4 Å². The Morgan fingerprint density at radius 2 is 2.43 bits per heavy atom. The van der Waals surface area contributed by atoms with Crippen molar-refractivity contribution in [1.29, 1.82) is 0 Å². The van der Waals surface area contributed by atoms with E-state index in [-0.39, 0.29) is 24.0 Å². The Morgan fingerprint density at radius 3 is 2.93 bits per heavy atom. The van der Waals surface area contributed by atoms with E-state index < -0.39 is 0 Å². The zero-order chi connectivity index (χ0) is 10.6. The molecule has 3 atom stereocenters. The van der Waals surface area contributed by atoms with Gasteiger partial charge in [-0.05, 0) is 26.3 Å². The second kappa shape index (κ2) is 5.32. The zero-order valence-electron chi connectivity index (χ0n) is 8.95. The van der Waals surface area contributed by atoms with Gasteiger partial charge in [0.25, 0.3) is 0 Å². The van der Waals surface area contributed by atoms with Crippen LogP contribution in [0.2, 0.25) is 0 Å². The van der Waals surface area contributed by atoms with Crippen LogP contribution in [0.1, 0.15) is 26.7 Å². The van der Waals surface area contributed by atoms with E-state index in [0.29, 0.717) is 6.54 Å². The van der Waals surface area contributed by atoms with Gasteiger partial charge >= 0.3 is 0 Å². The van der Waals surface area contributed by atoms with Crippen LogP contribution < -0.4 is 11.1 Å². The Hall–Kier alpha value is -0.610. The molecule has 1 rings (SSSR count). The number of nitrogens with one attached hydrogen (secondary N) is 1. The molecule has 1 heterocycles. The van der Waals surface area contributed by atoms with Crippen LogP contribution in [-0.4, -0.2) is 31.2 Å². The van der Waals surface area contributed by atoms with E-state index in [2.05, 4.69) is 5.32 Å². The zero-order valence-corrected chi connectivity index (χ0v) is 8.95. The van der Waals surface area contributed by atoms with Crippen molar-refractivity contribution in [2.45, 2.75) is 38.8 Å². The second-order valence-corrected chi connectivity index (χ2v) is 3.96. The van der Waals surface area contributed by atoms with Crippen LogP contribution in [0.3, 0.4) is 0 Å². The smallest absolute Gasteiger partial charge is 0.223 e. The van der Waals surface area contributed by atoms with E-state index in [1.165, 1.54) is 0 Å². The van der Waals surface area contributed by atoms with Crippen LogP contribution in [-0.2, 0) is 9.53 Å². The monoisotopic (exact) mass is 200 g/mol. The molecule has 1 aliphatic rings. The molecule has 0 aromatic heterocycles. The van der Waals surface area contributed by atoms with Gasteiger partial charge in [-0.2, -0.15) is 0 Å². The Balaban J connectivity index is 2.32. The summed E-state index contributed by atoms with van der Waals surface area (Å²) in [4.78, 5) is 11.6. The van der Waals surface area contributed by atoms with E-state index >= 15 is 0 Å². The molecule has 0 radical (unpaired) electrons. The third-order valence-electron chi connectivity index (χ3n) is 2.75. The average molecular weight is 200 g/mol. The van der Waals surface area contributed by atoms with Crippen molar-refractivity contribution in [2.75, 3.05) is 13.2 Å². The van der Waals surface area contributed by atoms with Crippen LogP contribution in [0.25, 0.3) is 0 Å². The number of carbonyl (C=O) groups excluding carboxylic acids is 1. The average Bonchev–Trinajstić information content (AvgIpc) is 2.52. The fourth-order valence-corrected chi connectivity index (χ4v) is 1.63. The molecule has 0 aliphatic carbocycles. The lowest BCUT2D eigenvalue weighted by molar-refractivity contribution is -0.125. The molecule has 0 aromatic carbocycles. The summed E-state index contributed by atoms with van der Waals surface area (Å²) in [7, 11) is 0. The summed E-state index contributed by atoms with van der Waals surface area (Å²) in [5, 5.41) is 2.99. The first kappa shape index (κ1) is 11.5. The molecular formula is C10H20N2O2. The van der Waals surface area contributed by atoms with Gasteiger partial charge in [0.05, 0.1) is 12.1 Å². The minimum atomic E-state index is 0.00722. The summed E-state index contributed by atoms with van der Waals surface area (Å²) in [6, 6.07) is 0.183.